The Bertz CT molecular complexity index is 346. The number of carbonyl (C=O) groups is 2. The quantitative estimate of drug-likeness (QED) is 0.294. The van der Waals surface area contributed by atoms with Crippen molar-refractivity contribution in [3.63, 3.8) is 0 Å². The van der Waals surface area contributed by atoms with Crippen LogP contribution in [-0.2, 0) is 9.59 Å². The van der Waals surface area contributed by atoms with Crippen molar-refractivity contribution in [1.82, 2.24) is 5.48 Å². The molecule has 2 fully saturated rings. The van der Waals surface area contributed by atoms with Gasteiger partial charge >= 0.3 is 0 Å². The van der Waals surface area contributed by atoms with E-state index < -0.39 is 29.4 Å². The van der Waals surface area contributed by atoms with Gasteiger partial charge in [-0.15, -0.1) is 0 Å². The summed E-state index contributed by atoms with van der Waals surface area (Å²) >= 11 is 0. The molecule has 2 saturated carbocycles. The van der Waals surface area contributed by atoms with Crippen LogP contribution in [0.3, 0.4) is 0 Å². The number of nitrogens with one attached hydrogen (secondary N) is 1. The maximum absolute atomic E-state index is 11.8. The number of hydroxylamine groups is 1. The van der Waals surface area contributed by atoms with Gasteiger partial charge in [0, 0.05) is 11.8 Å². The van der Waals surface area contributed by atoms with Crippen molar-refractivity contribution >= 4 is 11.7 Å². The Morgan fingerprint density at radius 2 is 1.78 bits per heavy atom. The molecular formula is C12H19NO5. The lowest BCUT2D eigenvalue weighted by atomic mass is 9.75. The molecule has 3 atom stereocenters. The highest BCUT2D eigenvalue weighted by Gasteiger charge is 2.51. The van der Waals surface area contributed by atoms with Gasteiger partial charge in [-0.3, -0.25) is 14.8 Å². The molecule has 6 nitrogen and oxygen atoms in total. The molecule has 102 valence electrons. The summed E-state index contributed by atoms with van der Waals surface area (Å²) in [4.78, 5) is 23.2. The first-order chi connectivity index (χ1) is 8.51. The minimum atomic E-state index is -0.866. The largest absolute Gasteiger partial charge is 0.392 e. The van der Waals surface area contributed by atoms with E-state index in [-0.39, 0.29) is 18.6 Å². The van der Waals surface area contributed by atoms with Gasteiger partial charge < -0.3 is 10.2 Å². The first kappa shape index (κ1) is 13.5. The zero-order valence-electron chi connectivity index (χ0n) is 10.1. The fraction of sp³-hybridized carbons (Fsp3) is 0.833. The number of amides is 1. The van der Waals surface area contributed by atoms with Crippen molar-refractivity contribution in [3.8, 4) is 0 Å². The maximum atomic E-state index is 11.8. The number of carbonyl (C=O) groups excluding carboxylic acids is 2. The van der Waals surface area contributed by atoms with E-state index in [2.05, 4.69) is 0 Å². The molecule has 4 N–H and O–H groups in total. The summed E-state index contributed by atoms with van der Waals surface area (Å²) < 4.78 is 0. The van der Waals surface area contributed by atoms with Gasteiger partial charge in [0.15, 0.2) is 0 Å². The SMILES string of the molecule is O=C1CCC2(CCC1C(=O)NO)C(O)CCC2O. The van der Waals surface area contributed by atoms with E-state index in [4.69, 9.17) is 5.21 Å². The summed E-state index contributed by atoms with van der Waals surface area (Å²) in [5.74, 6) is -1.79. The average Bonchev–Trinajstić information content (AvgIpc) is 2.54. The standard InChI is InChI=1S/C12H19NO5/c14-8-4-6-12(9(15)1-2-10(12)16)5-3-7(8)11(17)13-18/h7,9-10,15-16,18H,1-6H2,(H,13,17). The number of Topliss-reactive ketones (excluding diaryl/α,β-unsaturated/α-hetero) is 1. The van der Waals surface area contributed by atoms with Gasteiger partial charge in [-0.25, -0.2) is 5.48 Å². The molecule has 0 heterocycles. The summed E-state index contributed by atoms with van der Waals surface area (Å²) in [6, 6.07) is 0. The summed E-state index contributed by atoms with van der Waals surface area (Å²) in [7, 11) is 0. The molecule has 0 aliphatic heterocycles. The summed E-state index contributed by atoms with van der Waals surface area (Å²) in [5, 5.41) is 28.7. The third-order valence-corrected chi connectivity index (χ3v) is 4.59. The molecule has 3 unspecified atom stereocenters. The lowest BCUT2D eigenvalue weighted by molar-refractivity contribution is -0.139. The van der Waals surface area contributed by atoms with Crippen LogP contribution in [0.2, 0.25) is 0 Å². The predicted octanol–water partition coefficient (Wildman–Crippen LogP) is -0.247. The van der Waals surface area contributed by atoms with Gasteiger partial charge in [0.2, 0.25) is 0 Å². The van der Waals surface area contributed by atoms with Crippen molar-refractivity contribution in [1.29, 1.82) is 0 Å². The van der Waals surface area contributed by atoms with Crippen LogP contribution in [0.1, 0.15) is 38.5 Å². The minimum Gasteiger partial charge on any atom is -0.392 e. The number of ketones is 1. The Kier molecular flexibility index (Phi) is 3.70. The fourth-order valence-electron chi connectivity index (χ4n) is 3.36. The van der Waals surface area contributed by atoms with Gasteiger partial charge in [0.25, 0.3) is 5.91 Å². The Balaban J connectivity index is 2.17. The van der Waals surface area contributed by atoms with E-state index in [1.54, 1.807) is 0 Å². The monoisotopic (exact) mass is 257 g/mol. The van der Waals surface area contributed by atoms with Crippen LogP contribution in [-0.4, -0.2) is 39.3 Å². The third-order valence-electron chi connectivity index (χ3n) is 4.59. The first-order valence-corrected chi connectivity index (χ1v) is 6.34. The number of rotatable bonds is 1. The van der Waals surface area contributed by atoms with E-state index >= 15 is 0 Å². The molecule has 0 aromatic carbocycles. The molecule has 0 radical (unpaired) electrons. The molecule has 0 aromatic heterocycles. The molecule has 0 saturated heterocycles. The molecular weight excluding hydrogens is 238 g/mol. The van der Waals surface area contributed by atoms with Crippen molar-refractivity contribution in [2.24, 2.45) is 11.3 Å². The van der Waals surface area contributed by atoms with E-state index in [9.17, 15) is 19.8 Å². The van der Waals surface area contributed by atoms with Crippen molar-refractivity contribution < 1.29 is 25.0 Å². The number of hydrogen-bond acceptors (Lipinski definition) is 5. The smallest absolute Gasteiger partial charge is 0.253 e. The number of aliphatic hydroxyl groups excluding tert-OH is 2. The third kappa shape index (κ3) is 2.04. The minimum absolute atomic E-state index is 0.159. The second-order valence-electron chi connectivity index (χ2n) is 5.38. The van der Waals surface area contributed by atoms with Gasteiger partial charge in [-0.2, -0.15) is 0 Å². The predicted molar refractivity (Wildman–Crippen MR) is 60.6 cm³/mol. The van der Waals surface area contributed by atoms with Gasteiger partial charge in [-0.1, -0.05) is 0 Å². The summed E-state index contributed by atoms with van der Waals surface area (Å²) in [6.07, 6.45) is 1.10. The lowest BCUT2D eigenvalue weighted by Gasteiger charge is -2.34. The summed E-state index contributed by atoms with van der Waals surface area (Å²) in [6.45, 7) is 0. The molecule has 1 spiro atoms. The Labute approximate surface area is 105 Å². The molecule has 2 aliphatic carbocycles. The average molecular weight is 257 g/mol. The van der Waals surface area contributed by atoms with Crippen LogP contribution in [0.4, 0.5) is 0 Å². The normalized spacial score (nSPS) is 40.8. The van der Waals surface area contributed by atoms with Crippen LogP contribution >= 0.6 is 0 Å². The molecule has 6 heteroatoms. The van der Waals surface area contributed by atoms with E-state index in [1.165, 1.54) is 5.48 Å². The zero-order valence-corrected chi connectivity index (χ0v) is 10.1. The highest BCUT2D eigenvalue weighted by Crippen LogP contribution is 2.48. The molecule has 2 rings (SSSR count). The van der Waals surface area contributed by atoms with Crippen LogP contribution in [0.15, 0.2) is 0 Å². The Morgan fingerprint density at radius 3 is 2.33 bits per heavy atom. The second-order valence-corrected chi connectivity index (χ2v) is 5.38. The fourth-order valence-corrected chi connectivity index (χ4v) is 3.36. The number of hydrogen-bond donors (Lipinski definition) is 4. The zero-order chi connectivity index (χ0) is 13.3. The Hall–Kier alpha value is -0.980. The van der Waals surface area contributed by atoms with E-state index in [1.807, 2.05) is 0 Å². The number of aliphatic hydroxyl groups is 2. The molecule has 1 amide bonds. The van der Waals surface area contributed by atoms with Crippen LogP contribution < -0.4 is 5.48 Å². The topological polar surface area (TPSA) is 107 Å². The van der Waals surface area contributed by atoms with Crippen molar-refractivity contribution in [2.75, 3.05) is 0 Å². The lowest BCUT2D eigenvalue weighted by Crippen LogP contribution is -2.38. The van der Waals surface area contributed by atoms with Gasteiger partial charge in [0.05, 0.1) is 18.1 Å². The van der Waals surface area contributed by atoms with Crippen molar-refractivity contribution in [2.45, 2.75) is 50.7 Å². The summed E-state index contributed by atoms with van der Waals surface area (Å²) in [5.41, 5.74) is 0.857. The molecule has 0 aromatic rings. The van der Waals surface area contributed by atoms with E-state index in [0.717, 1.165) is 0 Å². The van der Waals surface area contributed by atoms with Gasteiger partial charge in [-0.05, 0) is 32.1 Å². The Morgan fingerprint density at radius 1 is 1.17 bits per heavy atom. The van der Waals surface area contributed by atoms with Crippen LogP contribution in [0, 0.1) is 11.3 Å². The molecule has 18 heavy (non-hydrogen) atoms. The molecule has 2 aliphatic rings. The first-order valence-electron chi connectivity index (χ1n) is 6.34. The highest BCUT2D eigenvalue weighted by atomic mass is 16.5. The van der Waals surface area contributed by atoms with Crippen LogP contribution in [0.5, 0.6) is 0 Å². The maximum Gasteiger partial charge on any atom is 0.253 e. The van der Waals surface area contributed by atoms with Crippen LogP contribution in [0.25, 0.3) is 0 Å². The van der Waals surface area contributed by atoms with Crippen molar-refractivity contribution in [3.05, 3.63) is 0 Å². The highest BCUT2D eigenvalue weighted by molar-refractivity contribution is 6.01. The molecule has 0 bridgehead atoms. The van der Waals surface area contributed by atoms with Gasteiger partial charge in [0.1, 0.15) is 5.78 Å². The second kappa shape index (κ2) is 4.95. The van der Waals surface area contributed by atoms with E-state index in [0.29, 0.717) is 25.7 Å².